The first kappa shape index (κ1) is 17.4. The van der Waals surface area contributed by atoms with Gasteiger partial charge < -0.3 is 0 Å². The third-order valence-electron chi connectivity index (χ3n) is 3.63. The predicted octanol–water partition coefficient (Wildman–Crippen LogP) is 3.85. The second kappa shape index (κ2) is 6.64. The van der Waals surface area contributed by atoms with Crippen molar-refractivity contribution in [3.63, 3.8) is 0 Å². The molecule has 0 saturated heterocycles. The van der Waals surface area contributed by atoms with Crippen LogP contribution in [-0.4, -0.2) is 14.8 Å². The van der Waals surface area contributed by atoms with E-state index in [9.17, 15) is 25.5 Å². The van der Waals surface area contributed by atoms with Crippen LogP contribution in [0.1, 0.15) is 22.4 Å². The van der Waals surface area contributed by atoms with Crippen LogP contribution in [0.3, 0.4) is 0 Å². The maximum Gasteiger partial charge on any atom is 0.290 e. The summed E-state index contributed by atoms with van der Waals surface area (Å²) in [5, 5.41) is 31.7. The highest BCUT2D eigenvalue weighted by Crippen LogP contribution is 2.38. The Labute approximate surface area is 141 Å². The number of hydrogen-bond donors (Lipinski definition) is 0. The molecule has 8 nitrogen and oxygen atoms in total. The van der Waals surface area contributed by atoms with E-state index in [1.165, 1.54) is 12.1 Å². The first-order chi connectivity index (χ1) is 11.3. The molecule has 0 N–H and O–H groups in total. The summed E-state index contributed by atoms with van der Waals surface area (Å²) in [4.78, 5) is 25.2. The molecule has 0 atom stereocenters. The molecule has 122 valence electrons. The van der Waals surface area contributed by atoms with Gasteiger partial charge in [-0.15, -0.1) is 0 Å². The Morgan fingerprint density at radius 2 is 1.79 bits per heavy atom. The summed E-state index contributed by atoms with van der Waals surface area (Å²) in [6.07, 6.45) is 0. The van der Waals surface area contributed by atoms with E-state index in [-0.39, 0.29) is 10.6 Å². The molecular weight excluding hydrogens is 332 g/mol. The fraction of sp³-hybridized carbons (Fsp3) is 0.200. The average Bonchev–Trinajstić information content (AvgIpc) is 2.53. The first-order valence-corrected chi connectivity index (χ1v) is 7.56. The highest BCUT2D eigenvalue weighted by Gasteiger charge is 2.22. The number of aromatic nitrogens is 1. The molecule has 1 aromatic heterocycles. The van der Waals surface area contributed by atoms with Crippen LogP contribution in [0, 0.1) is 52.3 Å². The molecule has 1 aromatic carbocycles. The van der Waals surface area contributed by atoms with E-state index in [0.717, 1.165) is 34.6 Å². The van der Waals surface area contributed by atoms with Gasteiger partial charge in [0.1, 0.15) is 11.1 Å². The van der Waals surface area contributed by atoms with Gasteiger partial charge in [0.05, 0.1) is 26.4 Å². The molecule has 0 spiro atoms. The molecule has 0 aliphatic carbocycles. The van der Waals surface area contributed by atoms with E-state index in [2.05, 4.69) is 11.1 Å². The van der Waals surface area contributed by atoms with E-state index >= 15 is 0 Å². The summed E-state index contributed by atoms with van der Waals surface area (Å²) in [6.45, 7) is 5.43. The van der Waals surface area contributed by atoms with Crippen molar-refractivity contribution >= 4 is 23.1 Å². The Morgan fingerprint density at radius 1 is 1.12 bits per heavy atom. The number of nitro groups is 2. The van der Waals surface area contributed by atoms with E-state index in [0.29, 0.717) is 10.6 Å². The van der Waals surface area contributed by atoms with Crippen molar-refractivity contribution in [2.75, 3.05) is 0 Å². The lowest BCUT2D eigenvalue weighted by Crippen LogP contribution is -2.00. The number of pyridine rings is 1. The summed E-state index contributed by atoms with van der Waals surface area (Å²) >= 11 is 0.953. The molecule has 24 heavy (non-hydrogen) atoms. The molecule has 0 bridgehead atoms. The zero-order chi connectivity index (χ0) is 18.0. The molecule has 0 aliphatic heterocycles. The van der Waals surface area contributed by atoms with E-state index in [4.69, 9.17) is 0 Å². The second-order valence-corrected chi connectivity index (χ2v) is 6.04. The molecule has 0 saturated carbocycles. The number of hydrogen-bond acceptors (Lipinski definition) is 7. The fourth-order valence-electron chi connectivity index (χ4n) is 2.07. The Bertz CT molecular complexity index is 905. The van der Waals surface area contributed by atoms with Crippen molar-refractivity contribution in [2.24, 2.45) is 0 Å². The Morgan fingerprint density at radius 3 is 2.33 bits per heavy atom. The molecule has 1 heterocycles. The van der Waals surface area contributed by atoms with Crippen molar-refractivity contribution in [1.29, 1.82) is 5.26 Å². The number of nitriles is 1. The number of non-ortho nitro benzene ring substituents is 1. The van der Waals surface area contributed by atoms with Crippen LogP contribution in [0.2, 0.25) is 0 Å². The van der Waals surface area contributed by atoms with Gasteiger partial charge in [-0.25, -0.2) is 4.98 Å². The van der Waals surface area contributed by atoms with Crippen molar-refractivity contribution in [3.8, 4) is 6.07 Å². The van der Waals surface area contributed by atoms with Gasteiger partial charge in [0, 0.05) is 11.8 Å². The number of nitro benzene ring substituents is 2. The lowest BCUT2D eigenvalue weighted by molar-refractivity contribution is -0.396. The van der Waals surface area contributed by atoms with Gasteiger partial charge in [-0.3, -0.25) is 20.2 Å². The zero-order valence-electron chi connectivity index (χ0n) is 13.1. The molecule has 0 amide bonds. The molecule has 0 fully saturated rings. The molecule has 9 heteroatoms. The highest BCUT2D eigenvalue weighted by molar-refractivity contribution is 7.99. The van der Waals surface area contributed by atoms with Gasteiger partial charge >= 0.3 is 0 Å². The van der Waals surface area contributed by atoms with Crippen molar-refractivity contribution < 1.29 is 9.85 Å². The van der Waals surface area contributed by atoms with E-state index in [1.807, 2.05) is 6.92 Å². The second-order valence-electron chi connectivity index (χ2n) is 5.01. The van der Waals surface area contributed by atoms with Gasteiger partial charge in [-0.05, 0) is 38.0 Å². The van der Waals surface area contributed by atoms with Crippen molar-refractivity contribution in [3.05, 3.63) is 60.8 Å². The Kier molecular flexibility index (Phi) is 4.80. The third kappa shape index (κ3) is 3.18. The molecule has 2 aromatic rings. The summed E-state index contributed by atoms with van der Waals surface area (Å²) < 4.78 is 0. The summed E-state index contributed by atoms with van der Waals surface area (Å²) in [7, 11) is 0. The van der Waals surface area contributed by atoms with Crippen molar-refractivity contribution in [1.82, 2.24) is 4.98 Å². The average molecular weight is 344 g/mol. The SMILES string of the molecule is Cc1nc(Sc2ccc([N+](=O)[O-])cc2[N+](=O)[O-])c(C#N)c(C)c1C. The van der Waals surface area contributed by atoms with E-state index < -0.39 is 15.5 Å². The van der Waals surface area contributed by atoms with Crippen LogP contribution in [-0.2, 0) is 0 Å². The Balaban J connectivity index is 2.59. The number of aryl methyl sites for hydroxylation is 1. The predicted molar refractivity (Wildman–Crippen MR) is 87.0 cm³/mol. The smallest absolute Gasteiger partial charge is 0.258 e. The van der Waals surface area contributed by atoms with Crippen LogP contribution in [0.25, 0.3) is 0 Å². The van der Waals surface area contributed by atoms with Gasteiger partial charge in [-0.2, -0.15) is 5.26 Å². The van der Waals surface area contributed by atoms with Crippen LogP contribution in [0.15, 0.2) is 28.1 Å². The lowest BCUT2D eigenvalue weighted by Gasteiger charge is -2.11. The maximum absolute atomic E-state index is 11.2. The molecule has 0 radical (unpaired) electrons. The van der Waals surface area contributed by atoms with Crippen LogP contribution in [0.5, 0.6) is 0 Å². The van der Waals surface area contributed by atoms with Crippen LogP contribution < -0.4 is 0 Å². The van der Waals surface area contributed by atoms with Gasteiger partial charge in [0.25, 0.3) is 11.4 Å². The normalized spacial score (nSPS) is 10.2. The largest absolute Gasteiger partial charge is 0.290 e. The van der Waals surface area contributed by atoms with Gasteiger partial charge in [0.15, 0.2) is 0 Å². The summed E-state index contributed by atoms with van der Waals surface area (Å²) in [5.41, 5.74) is 1.95. The van der Waals surface area contributed by atoms with Crippen molar-refractivity contribution in [2.45, 2.75) is 30.7 Å². The number of benzene rings is 1. The minimum atomic E-state index is -0.694. The van der Waals surface area contributed by atoms with Gasteiger partial charge in [-0.1, -0.05) is 11.8 Å². The number of nitrogens with zero attached hydrogens (tertiary/aromatic N) is 4. The minimum Gasteiger partial charge on any atom is -0.258 e. The molecule has 2 rings (SSSR count). The molecule has 0 aliphatic rings. The molecule has 0 unspecified atom stereocenters. The van der Waals surface area contributed by atoms with Crippen LogP contribution in [0.4, 0.5) is 11.4 Å². The zero-order valence-corrected chi connectivity index (χ0v) is 13.9. The topological polar surface area (TPSA) is 123 Å². The van der Waals surface area contributed by atoms with E-state index in [1.54, 1.807) is 13.8 Å². The third-order valence-corrected chi connectivity index (χ3v) is 4.69. The fourth-order valence-corrected chi connectivity index (χ4v) is 3.14. The molecular formula is C15H12N4O4S. The quantitative estimate of drug-likeness (QED) is 0.609. The van der Waals surface area contributed by atoms with Gasteiger partial charge in [0.2, 0.25) is 0 Å². The minimum absolute atomic E-state index is 0.192. The first-order valence-electron chi connectivity index (χ1n) is 6.74. The highest BCUT2D eigenvalue weighted by atomic mass is 32.2. The maximum atomic E-state index is 11.2. The van der Waals surface area contributed by atoms with Crippen LogP contribution >= 0.6 is 11.8 Å². The Hall–Kier alpha value is -2.99. The number of rotatable bonds is 4. The summed E-state index contributed by atoms with van der Waals surface area (Å²) in [6, 6.07) is 5.46. The standard InChI is InChI=1S/C15H12N4O4S/c1-8-9(2)12(7-16)15(17-10(8)3)24-14-5-4-11(18(20)21)6-13(14)19(22)23/h4-6H,1-3H3. The lowest BCUT2D eigenvalue weighted by atomic mass is 10.1. The summed E-state index contributed by atoms with van der Waals surface area (Å²) in [5.74, 6) is 0. The monoisotopic (exact) mass is 344 g/mol.